The fourth-order valence-electron chi connectivity index (χ4n) is 1.70. The van der Waals surface area contributed by atoms with Gasteiger partial charge in [0.05, 0.1) is 0 Å². The predicted octanol–water partition coefficient (Wildman–Crippen LogP) is 1.76. The lowest BCUT2D eigenvalue weighted by Crippen LogP contribution is -2.46. The predicted molar refractivity (Wildman–Crippen MR) is 88.1 cm³/mol. The molecule has 0 unspecified atom stereocenters. The highest BCUT2D eigenvalue weighted by Crippen LogP contribution is 2.06. The van der Waals surface area contributed by atoms with Crippen LogP contribution in [0.5, 0.6) is 0 Å². The van der Waals surface area contributed by atoms with Crippen LogP contribution in [0.25, 0.3) is 0 Å². The van der Waals surface area contributed by atoms with E-state index < -0.39 is 29.6 Å². The molecule has 7 heteroatoms. The SMILES string of the molecule is C[C@@H](NC(=O)OCc1ccccc1)C(=O)NCC(=O)OC(C)(C)C. The maximum absolute atomic E-state index is 11.8. The fraction of sp³-hybridized carbons (Fsp3) is 0.471. The molecule has 2 amide bonds. The summed E-state index contributed by atoms with van der Waals surface area (Å²) in [4.78, 5) is 35.0. The van der Waals surface area contributed by atoms with E-state index in [1.165, 1.54) is 6.92 Å². The molecule has 132 valence electrons. The monoisotopic (exact) mass is 336 g/mol. The van der Waals surface area contributed by atoms with Crippen LogP contribution in [-0.2, 0) is 25.7 Å². The molecule has 7 nitrogen and oxygen atoms in total. The summed E-state index contributed by atoms with van der Waals surface area (Å²) in [5.41, 5.74) is 0.224. The average molecular weight is 336 g/mol. The van der Waals surface area contributed by atoms with Gasteiger partial charge in [-0.25, -0.2) is 4.79 Å². The number of alkyl carbamates (subject to hydrolysis) is 1. The second kappa shape index (κ2) is 8.90. The van der Waals surface area contributed by atoms with Crippen molar-refractivity contribution in [2.45, 2.75) is 45.9 Å². The Labute approximate surface area is 141 Å². The first kappa shape index (κ1) is 19.5. The molecule has 0 saturated carbocycles. The Balaban J connectivity index is 2.30. The number of rotatable bonds is 6. The first-order chi connectivity index (χ1) is 11.2. The average Bonchev–Trinajstić information content (AvgIpc) is 2.50. The minimum atomic E-state index is -0.837. The summed E-state index contributed by atoms with van der Waals surface area (Å²) in [6.45, 7) is 6.55. The smallest absolute Gasteiger partial charge is 0.408 e. The highest BCUT2D eigenvalue weighted by Gasteiger charge is 2.20. The number of carbonyl (C=O) groups is 3. The molecule has 0 saturated heterocycles. The summed E-state index contributed by atoms with van der Waals surface area (Å²) >= 11 is 0. The Hall–Kier alpha value is -2.57. The molecule has 24 heavy (non-hydrogen) atoms. The second-order valence-electron chi connectivity index (χ2n) is 6.23. The highest BCUT2D eigenvalue weighted by atomic mass is 16.6. The van der Waals surface area contributed by atoms with Gasteiger partial charge >= 0.3 is 12.1 Å². The number of benzene rings is 1. The van der Waals surface area contributed by atoms with Crippen molar-refractivity contribution in [2.75, 3.05) is 6.54 Å². The number of hydrogen-bond donors (Lipinski definition) is 2. The first-order valence-corrected chi connectivity index (χ1v) is 7.64. The minimum Gasteiger partial charge on any atom is -0.459 e. The minimum absolute atomic E-state index is 0.110. The maximum atomic E-state index is 11.8. The summed E-state index contributed by atoms with van der Waals surface area (Å²) in [6.07, 6.45) is -0.709. The molecule has 0 radical (unpaired) electrons. The van der Waals surface area contributed by atoms with Crippen LogP contribution in [0.1, 0.15) is 33.3 Å². The Morgan fingerprint density at radius 2 is 1.75 bits per heavy atom. The fourth-order valence-corrected chi connectivity index (χ4v) is 1.70. The van der Waals surface area contributed by atoms with Crippen LogP contribution in [0, 0.1) is 0 Å². The van der Waals surface area contributed by atoms with E-state index in [-0.39, 0.29) is 13.2 Å². The molecule has 1 rings (SSSR count). The van der Waals surface area contributed by atoms with Crippen LogP contribution in [0.2, 0.25) is 0 Å². The summed E-state index contributed by atoms with van der Waals surface area (Å²) in [5.74, 6) is -1.05. The summed E-state index contributed by atoms with van der Waals surface area (Å²) < 4.78 is 10.1. The van der Waals surface area contributed by atoms with Gasteiger partial charge in [-0.05, 0) is 33.3 Å². The van der Waals surface area contributed by atoms with Crippen LogP contribution >= 0.6 is 0 Å². The van der Waals surface area contributed by atoms with Gasteiger partial charge < -0.3 is 20.1 Å². The number of carbonyl (C=O) groups excluding carboxylic acids is 3. The van der Waals surface area contributed by atoms with E-state index in [0.29, 0.717) is 0 Å². The van der Waals surface area contributed by atoms with Gasteiger partial charge in [0.2, 0.25) is 5.91 Å². The van der Waals surface area contributed by atoms with Crippen LogP contribution < -0.4 is 10.6 Å². The second-order valence-corrected chi connectivity index (χ2v) is 6.23. The molecular weight excluding hydrogens is 312 g/mol. The van der Waals surface area contributed by atoms with Gasteiger partial charge in [0.25, 0.3) is 0 Å². The van der Waals surface area contributed by atoms with E-state index >= 15 is 0 Å². The van der Waals surface area contributed by atoms with Gasteiger partial charge in [-0.1, -0.05) is 30.3 Å². The Kier molecular flexibility index (Phi) is 7.23. The van der Waals surface area contributed by atoms with Crippen molar-refractivity contribution < 1.29 is 23.9 Å². The van der Waals surface area contributed by atoms with Crippen molar-refractivity contribution >= 4 is 18.0 Å². The van der Waals surface area contributed by atoms with E-state index in [0.717, 1.165) is 5.56 Å². The number of amides is 2. The quantitative estimate of drug-likeness (QED) is 0.772. The van der Waals surface area contributed by atoms with Gasteiger partial charge in [-0.15, -0.1) is 0 Å². The van der Waals surface area contributed by atoms with Crippen LogP contribution in [0.3, 0.4) is 0 Å². The van der Waals surface area contributed by atoms with Crippen molar-refractivity contribution in [3.05, 3.63) is 35.9 Å². The topological polar surface area (TPSA) is 93.7 Å². The number of nitrogens with one attached hydrogen (secondary N) is 2. The Morgan fingerprint density at radius 3 is 2.33 bits per heavy atom. The lowest BCUT2D eigenvalue weighted by atomic mass is 10.2. The highest BCUT2D eigenvalue weighted by molar-refractivity contribution is 5.87. The third-order valence-corrected chi connectivity index (χ3v) is 2.77. The molecular formula is C17H24N2O5. The van der Waals surface area contributed by atoms with Crippen molar-refractivity contribution in [3.63, 3.8) is 0 Å². The van der Waals surface area contributed by atoms with Crippen molar-refractivity contribution in [1.82, 2.24) is 10.6 Å². The molecule has 0 bridgehead atoms. The Morgan fingerprint density at radius 1 is 1.12 bits per heavy atom. The molecule has 0 heterocycles. The first-order valence-electron chi connectivity index (χ1n) is 7.64. The van der Waals surface area contributed by atoms with Crippen LogP contribution in [0.15, 0.2) is 30.3 Å². The van der Waals surface area contributed by atoms with Crippen LogP contribution in [0.4, 0.5) is 4.79 Å². The van der Waals surface area contributed by atoms with E-state index in [4.69, 9.17) is 9.47 Å². The van der Waals surface area contributed by atoms with E-state index in [2.05, 4.69) is 10.6 Å². The molecule has 1 aromatic rings. The molecule has 0 aliphatic rings. The van der Waals surface area contributed by atoms with Gasteiger partial charge in [0.15, 0.2) is 0 Å². The zero-order valence-electron chi connectivity index (χ0n) is 14.4. The summed E-state index contributed by atoms with van der Waals surface area (Å²) in [6, 6.07) is 8.35. The van der Waals surface area contributed by atoms with Crippen LogP contribution in [-0.4, -0.2) is 36.2 Å². The third kappa shape index (κ3) is 8.17. The number of hydrogen-bond acceptors (Lipinski definition) is 5. The molecule has 0 aliphatic heterocycles. The largest absolute Gasteiger partial charge is 0.459 e. The molecule has 2 N–H and O–H groups in total. The van der Waals surface area contributed by atoms with E-state index in [1.54, 1.807) is 20.8 Å². The van der Waals surface area contributed by atoms with Crippen molar-refractivity contribution in [2.24, 2.45) is 0 Å². The molecule has 1 atom stereocenters. The van der Waals surface area contributed by atoms with Crippen molar-refractivity contribution in [1.29, 1.82) is 0 Å². The van der Waals surface area contributed by atoms with Crippen molar-refractivity contribution in [3.8, 4) is 0 Å². The standard InChI is InChI=1S/C17H24N2O5/c1-12(15(21)18-10-14(20)24-17(2,3)4)19-16(22)23-11-13-8-6-5-7-9-13/h5-9,12H,10-11H2,1-4H3,(H,18,21)(H,19,22)/t12-/m1/s1. The number of esters is 1. The van der Waals surface area contributed by atoms with Gasteiger partial charge in [-0.3, -0.25) is 9.59 Å². The summed E-state index contributed by atoms with van der Waals surface area (Å²) in [7, 11) is 0. The summed E-state index contributed by atoms with van der Waals surface area (Å²) in [5, 5.41) is 4.80. The van der Waals surface area contributed by atoms with Gasteiger partial charge in [0, 0.05) is 0 Å². The molecule has 0 spiro atoms. The molecule has 0 aliphatic carbocycles. The molecule has 0 aromatic heterocycles. The lowest BCUT2D eigenvalue weighted by molar-refractivity contribution is -0.154. The van der Waals surface area contributed by atoms with Gasteiger partial charge in [0.1, 0.15) is 24.8 Å². The number of ether oxygens (including phenoxy) is 2. The lowest BCUT2D eigenvalue weighted by Gasteiger charge is -2.20. The third-order valence-electron chi connectivity index (χ3n) is 2.77. The molecule has 0 fully saturated rings. The van der Waals surface area contributed by atoms with Gasteiger partial charge in [-0.2, -0.15) is 0 Å². The maximum Gasteiger partial charge on any atom is 0.408 e. The molecule has 1 aromatic carbocycles. The zero-order valence-corrected chi connectivity index (χ0v) is 14.4. The van der Waals surface area contributed by atoms with E-state index in [1.807, 2.05) is 30.3 Å². The van der Waals surface area contributed by atoms with E-state index in [9.17, 15) is 14.4 Å². The Bertz CT molecular complexity index is 566. The normalized spacial score (nSPS) is 12.0. The zero-order chi connectivity index (χ0) is 18.2.